The minimum Gasteiger partial charge on any atom is -0.497 e. The van der Waals surface area contributed by atoms with Crippen LogP contribution in [0.4, 0.5) is 11.4 Å². The number of primary amides is 1. The van der Waals surface area contributed by atoms with E-state index in [0.29, 0.717) is 29.3 Å². The molecule has 0 saturated carbocycles. The normalized spacial score (nSPS) is 20.2. The second-order valence-electron chi connectivity index (χ2n) is 7.15. The van der Waals surface area contributed by atoms with Gasteiger partial charge in [-0.1, -0.05) is 18.2 Å². The molecular weight excluding hydrogens is 384 g/mol. The summed E-state index contributed by atoms with van der Waals surface area (Å²) in [5.74, 6) is 0.104. The lowest BCUT2D eigenvalue weighted by atomic mass is 10.0. The van der Waals surface area contributed by atoms with Crippen LogP contribution < -0.4 is 25.4 Å². The number of carbonyl (C=O) groups excluding carboxylic acids is 2. The molecule has 154 valence electrons. The molecule has 8 nitrogen and oxygen atoms in total. The number of nitrogens with two attached hydrogens (primary N) is 1. The van der Waals surface area contributed by atoms with Crippen LogP contribution in [0.3, 0.4) is 0 Å². The summed E-state index contributed by atoms with van der Waals surface area (Å²) >= 11 is 0. The third-order valence-electron chi connectivity index (χ3n) is 5.32. The Balaban J connectivity index is 1.81. The number of ketones is 1. The van der Waals surface area contributed by atoms with E-state index in [1.807, 2.05) is 24.3 Å². The molecule has 0 bridgehead atoms. The van der Waals surface area contributed by atoms with Gasteiger partial charge in [-0.25, -0.2) is 0 Å². The van der Waals surface area contributed by atoms with Crippen molar-refractivity contribution in [2.24, 2.45) is 5.73 Å². The van der Waals surface area contributed by atoms with Gasteiger partial charge in [0.2, 0.25) is 5.91 Å². The first kappa shape index (κ1) is 19.5. The van der Waals surface area contributed by atoms with E-state index in [-0.39, 0.29) is 23.6 Å². The summed E-state index contributed by atoms with van der Waals surface area (Å²) in [7, 11) is 3.04. The number of amidine groups is 1. The van der Waals surface area contributed by atoms with Gasteiger partial charge < -0.3 is 25.4 Å². The summed E-state index contributed by atoms with van der Waals surface area (Å²) in [6.07, 6.45) is 0.308. The van der Waals surface area contributed by atoms with Gasteiger partial charge in [-0.2, -0.15) is 0 Å². The zero-order chi connectivity index (χ0) is 21.4. The number of Topliss-reactive ketones (excluding diaryl/α,β-unsaturated/α-hetero) is 1. The van der Waals surface area contributed by atoms with Crippen molar-refractivity contribution in [3.8, 4) is 11.5 Å². The quantitative estimate of drug-likeness (QED) is 0.656. The first-order valence-electron chi connectivity index (χ1n) is 9.44. The number of ether oxygens (including phenoxy) is 2. The molecule has 4 N–H and O–H groups in total. The van der Waals surface area contributed by atoms with Crippen molar-refractivity contribution in [2.45, 2.75) is 18.9 Å². The number of fused-ring (bicyclic) bond motifs is 1. The average molecular weight is 406 g/mol. The Morgan fingerprint density at radius 2 is 1.87 bits per heavy atom. The molecule has 2 aliphatic rings. The number of carbonyl (C=O) groups is 2. The smallest absolute Gasteiger partial charge is 0.219 e. The van der Waals surface area contributed by atoms with Gasteiger partial charge in [-0.05, 0) is 11.6 Å². The molecule has 1 saturated heterocycles. The van der Waals surface area contributed by atoms with Crippen molar-refractivity contribution in [2.75, 3.05) is 24.4 Å². The second-order valence-corrected chi connectivity index (χ2v) is 7.15. The molecule has 0 radical (unpaired) electrons. The van der Waals surface area contributed by atoms with Crippen LogP contribution in [0.15, 0.2) is 53.7 Å². The fourth-order valence-electron chi connectivity index (χ4n) is 3.93. The second kappa shape index (κ2) is 7.55. The number of hydrogen-bond donors (Lipinski definition) is 3. The van der Waals surface area contributed by atoms with Gasteiger partial charge in [0.05, 0.1) is 31.9 Å². The van der Waals surface area contributed by atoms with Gasteiger partial charge in [0.15, 0.2) is 5.78 Å². The third kappa shape index (κ3) is 3.26. The van der Waals surface area contributed by atoms with Gasteiger partial charge >= 0.3 is 0 Å². The Morgan fingerprint density at radius 3 is 2.47 bits per heavy atom. The summed E-state index contributed by atoms with van der Waals surface area (Å²) < 4.78 is 10.7. The van der Waals surface area contributed by atoms with Gasteiger partial charge in [0.1, 0.15) is 23.4 Å². The molecule has 2 aliphatic heterocycles. The lowest BCUT2D eigenvalue weighted by molar-refractivity contribution is -0.122. The van der Waals surface area contributed by atoms with Crippen molar-refractivity contribution in [1.29, 1.82) is 5.41 Å². The van der Waals surface area contributed by atoms with Crippen molar-refractivity contribution in [1.82, 2.24) is 0 Å². The molecule has 1 atom stereocenters. The standard InChI is InChI=1S/C22H22N4O4/c1-29-14-8-13(9-15(10-14)30-2)26-18(11-19(23)27)21(28)20(22(26)24)17-7-12-5-3-4-6-16(12)25-17/h3-6,8-10,18,24-25H,7,11H2,1-2H3,(H2,23,27). The molecular formula is C22H22N4O4. The van der Waals surface area contributed by atoms with Crippen LogP contribution in [0.2, 0.25) is 0 Å². The van der Waals surface area contributed by atoms with E-state index in [0.717, 1.165) is 11.3 Å². The molecule has 1 fully saturated rings. The lowest BCUT2D eigenvalue weighted by Crippen LogP contribution is -2.38. The highest BCUT2D eigenvalue weighted by Gasteiger charge is 2.44. The first-order chi connectivity index (χ1) is 14.4. The molecule has 2 aromatic rings. The van der Waals surface area contributed by atoms with Gasteiger partial charge in [0.25, 0.3) is 0 Å². The van der Waals surface area contributed by atoms with Gasteiger partial charge in [-0.3, -0.25) is 15.0 Å². The van der Waals surface area contributed by atoms with Crippen molar-refractivity contribution >= 4 is 28.9 Å². The highest BCUT2D eigenvalue weighted by atomic mass is 16.5. The van der Waals surface area contributed by atoms with E-state index in [9.17, 15) is 9.59 Å². The maximum atomic E-state index is 13.3. The highest BCUT2D eigenvalue weighted by molar-refractivity contribution is 6.35. The number of nitrogens with zero attached hydrogens (tertiary/aromatic N) is 1. The highest BCUT2D eigenvalue weighted by Crippen LogP contribution is 2.38. The maximum Gasteiger partial charge on any atom is 0.219 e. The van der Waals surface area contributed by atoms with E-state index in [1.165, 1.54) is 19.1 Å². The molecule has 0 aromatic heterocycles. The number of nitrogens with one attached hydrogen (secondary N) is 2. The number of para-hydroxylation sites is 1. The van der Waals surface area contributed by atoms with E-state index < -0.39 is 11.9 Å². The number of allylic oxidation sites excluding steroid dienone is 1. The van der Waals surface area contributed by atoms with Gasteiger partial charge in [0, 0.05) is 36.0 Å². The first-order valence-corrected chi connectivity index (χ1v) is 9.44. The average Bonchev–Trinajstić information content (AvgIpc) is 3.25. The van der Waals surface area contributed by atoms with E-state index in [2.05, 4.69) is 5.32 Å². The number of benzene rings is 2. The number of hydrogen-bond acceptors (Lipinski definition) is 6. The summed E-state index contributed by atoms with van der Waals surface area (Å²) in [6, 6.07) is 11.9. The minimum absolute atomic E-state index is 0.0110. The summed E-state index contributed by atoms with van der Waals surface area (Å²) in [5, 5.41) is 12.1. The molecule has 1 unspecified atom stereocenters. The Labute approximate surface area is 173 Å². The number of rotatable bonds is 5. The molecule has 0 aliphatic carbocycles. The van der Waals surface area contributed by atoms with E-state index in [4.69, 9.17) is 20.6 Å². The fraction of sp³-hybridized carbons (Fsp3) is 0.227. The molecule has 8 heteroatoms. The Kier molecular flexibility index (Phi) is 4.91. The van der Waals surface area contributed by atoms with Crippen LogP contribution in [0.1, 0.15) is 12.0 Å². The van der Waals surface area contributed by atoms with Crippen molar-refractivity contribution in [3.05, 3.63) is 59.3 Å². The van der Waals surface area contributed by atoms with Crippen molar-refractivity contribution < 1.29 is 19.1 Å². The zero-order valence-electron chi connectivity index (χ0n) is 16.7. The molecule has 2 heterocycles. The zero-order valence-corrected chi connectivity index (χ0v) is 16.7. The topological polar surface area (TPSA) is 118 Å². The van der Waals surface area contributed by atoms with Crippen molar-refractivity contribution in [3.63, 3.8) is 0 Å². The van der Waals surface area contributed by atoms with Gasteiger partial charge in [-0.15, -0.1) is 0 Å². The third-order valence-corrected chi connectivity index (χ3v) is 5.32. The predicted molar refractivity (Wildman–Crippen MR) is 113 cm³/mol. The van der Waals surface area contributed by atoms with Crippen LogP contribution in [0.5, 0.6) is 11.5 Å². The predicted octanol–water partition coefficient (Wildman–Crippen LogP) is 2.24. The summed E-state index contributed by atoms with van der Waals surface area (Å²) in [5.41, 5.74) is 8.82. The minimum atomic E-state index is -0.903. The van der Waals surface area contributed by atoms with E-state index >= 15 is 0 Å². The molecule has 30 heavy (non-hydrogen) atoms. The largest absolute Gasteiger partial charge is 0.497 e. The van der Waals surface area contributed by atoms with Crippen LogP contribution >= 0.6 is 0 Å². The molecule has 2 aromatic carbocycles. The van der Waals surface area contributed by atoms with Crippen LogP contribution in [0.25, 0.3) is 0 Å². The lowest BCUT2D eigenvalue weighted by Gasteiger charge is -2.25. The van der Waals surface area contributed by atoms with Crippen LogP contribution in [0, 0.1) is 5.41 Å². The fourth-order valence-corrected chi connectivity index (χ4v) is 3.93. The molecule has 4 rings (SSSR count). The Hall–Kier alpha value is -3.81. The molecule has 1 amide bonds. The monoisotopic (exact) mass is 406 g/mol. The van der Waals surface area contributed by atoms with E-state index in [1.54, 1.807) is 18.2 Å². The Morgan fingerprint density at radius 1 is 1.20 bits per heavy atom. The van der Waals surface area contributed by atoms with Crippen LogP contribution in [-0.4, -0.2) is 37.8 Å². The summed E-state index contributed by atoms with van der Waals surface area (Å²) in [4.78, 5) is 26.6. The SMILES string of the molecule is COc1cc(OC)cc(N2C(=N)C(=C3Cc4ccccc4N3)C(=O)C2CC(N)=O)c1. The number of amides is 1. The maximum absolute atomic E-state index is 13.3. The summed E-state index contributed by atoms with van der Waals surface area (Å²) in [6.45, 7) is 0. The Bertz CT molecular complexity index is 1040. The van der Waals surface area contributed by atoms with Crippen LogP contribution in [-0.2, 0) is 16.0 Å². The number of methoxy groups -OCH3 is 2. The molecule has 0 spiro atoms. The number of anilines is 2.